The number of aliphatic hydroxyl groups is 2. The number of nitrogens with two attached hydrogens (primary N) is 1. The normalized spacial score (nSPS) is 27.6. The Morgan fingerprint density at radius 2 is 1.72 bits per heavy atom. The molecule has 0 spiro atoms. The minimum atomic E-state index is -5.70. The summed E-state index contributed by atoms with van der Waals surface area (Å²) in [4.78, 5) is 47.2. The summed E-state index contributed by atoms with van der Waals surface area (Å²) in [6.07, 6.45) is -3.69. The number of hydrogen-bond acceptors (Lipinski definition) is 13. The molecule has 1 aliphatic rings. The molecule has 22 heteroatoms. The molecule has 0 amide bonds. The second kappa shape index (κ2) is 10.5. The van der Waals surface area contributed by atoms with E-state index in [0.29, 0.717) is 0 Å². The molecule has 4 unspecified atom stereocenters. The van der Waals surface area contributed by atoms with E-state index < -0.39 is 54.6 Å². The summed E-state index contributed by atoms with van der Waals surface area (Å²) >= 11 is 0. The van der Waals surface area contributed by atoms with Crippen molar-refractivity contribution >= 4 is 40.4 Å². The van der Waals surface area contributed by atoms with E-state index in [1.54, 1.807) is 0 Å². The van der Waals surface area contributed by atoms with Crippen molar-refractivity contribution < 1.29 is 114 Å². The van der Waals surface area contributed by atoms with Crippen LogP contribution in [0.25, 0.3) is 11.2 Å². The molecule has 3 rings (SSSR count). The van der Waals surface area contributed by atoms with E-state index in [1.807, 2.05) is 0 Å². The van der Waals surface area contributed by atoms with Gasteiger partial charge in [0.05, 0.1) is 12.9 Å². The van der Waals surface area contributed by atoms with Crippen molar-refractivity contribution in [1.29, 1.82) is 0 Å². The average Bonchev–Trinajstić information content (AvgIpc) is 3.13. The Morgan fingerprint density at radius 1 is 1.06 bits per heavy atom. The fraction of sp³-hybridized carbons (Fsp3) is 0.500. The fourth-order valence-corrected chi connectivity index (χ4v) is 5.65. The fourth-order valence-electron chi connectivity index (χ4n) is 2.62. The quantitative estimate of drug-likeness (QED) is 0.121. The van der Waals surface area contributed by atoms with Gasteiger partial charge in [-0.2, -0.15) is 8.62 Å². The number of ether oxygens (including phenoxy) is 1. The van der Waals surface area contributed by atoms with E-state index in [1.165, 1.54) is 10.9 Å². The van der Waals surface area contributed by atoms with Gasteiger partial charge in [0.2, 0.25) is 0 Å². The molecule has 2 aromatic rings. The molecule has 0 aliphatic carbocycles. The van der Waals surface area contributed by atoms with Gasteiger partial charge in [-0.05, 0) is 0 Å². The number of aliphatic hydroxyl groups excluding tert-OH is 2. The number of nitrogens with zero attached hydrogens (tertiary/aromatic N) is 4. The number of imidazole rings is 1. The van der Waals surface area contributed by atoms with Crippen molar-refractivity contribution in [3.8, 4) is 0 Å². The van der Waals surface area contributed by atoms with E-state index in [0.717, 1.165) is 6.33 Å². The zero-order valence-corrected chi connectivity index (χ0v) is 21.7. The van der Waals surface area contributed by atoms with E-state index >= 15 is 0 Å². The van der Waals surface area contributed by atoms with Crippen LogP contribution < -0.4 is 57.1 Å². The number of hydrogen-bond donors (Lipinski definition) is 7. The molecule has 32 heavy (non-hydrogen) atoms. The largest absolute Gasteiger partial charge is 1.00 e. The molecule has 0 bridgehead atoms. The average molecular weight is 547 g/mol. The van der Waals surface area contributed by atoms with Crippen LogP contribution in [0.15, 0.2) is 12.7 Å². The Balaban J connectivity index is 0.00000272. The third kappa shape index (κ3) is 6.91. The molecule has 0 aromatic carbocycles. The van der Waals surface area contributed by atoms with Crippen LogP contribution in [0.3, 0.4) is 0 Å². The van der Waals surface area contributed by atoms with Crippen LogP contribution in [0.4, 0.5) is 5.82 Å². The Hall–Kier alpha value is 0.276. The molecule has 0 saturated carbocycles. The number of phosphoric acid groups is 3. The van der Waals surface area contributed by atoms with Gasteiger partial charge in [0.25, 0.3) is 0 Å². The first-order valence-corrected chi connectivity index (χ1v) is 12.4. The zero-order chi connectivity index (χ0) is 23.2. The summed E-state index contributed by atoms with van der Waals surface area (Å²) in [6, 6.07) is 0. The van der Waals surface area contributed by atoms with Crippen LogP contribution in [-0.4, -0.2) is 74.2 Å². The van der Waals surface area contributed by atoms with Crippen LogP contribution in [0.1, 0.15) is 7.65 Å². The van der Waals surface area contributed by atoms with Gasteiger partial charge in [-0.15, -0.1) is 0 Å². The first-order valence-electron chi connectivity index (χ1n) is 7.92. The maximum absolute atomic E-state index is 11.8. The van der Waals surface area contributed by atoms with Crippen molar-refractivity contribution in [1.82, 2.24) is 19.5 Å². The molecule has 3 heterocycles. The van der Waals surface area contributed by atoms with Gasteiger partial charge in [0.1, 0.15) is 30.2 Å². The van der Waals surface area contributed by atoms with Gasteiger partial charge in [-0.1, -0.05) is 0 Å². The van der Waals surface area contributed by atoms with Crippen LogP contribution in [-0.2, 0) is 31.6 Å². The molecule has 2 aromatic heterocycles. The number of anilines is 1. The molecule has 0 radical (unpaired) electrons. The van der Waals surface area contributed by atoms with E-state index in [-0.39, 0.29) is 69.8 Å². The van der Waals surface area contributed by atoms with Crippen molar-refractivity contribution in [2.75, 3.05) is 12.3 Å². The molecule has 176 valence electrons. The summed E-state index contributed by atoms with van der Waals surface area (Å²) in [6.45, 7) is -0.956. The maximum atomic E-state index is 11.8. The topological polar surface area (TPSA) is 279 Å². The second-order valence-electron chi connectivity index (χ2n) is 6.02. The zero-order valence-electron chi connectivity index (χ0n) is 16.9. The monoisotopic (exact) mass is 547 g/mol. The van der Waals surface area contributed by atoms with Gasteiger partial charge in [0.15, 0.2) is 17.7 Å². The molecular weight excluding hydrogens is 530 g/mol. The van der Waals surface area contributed by atoms with Crippen LogP contribution in [0.2, 0.25) is 0 Å². The van der Waals surface area contributed by atoms with Gasteiger partial charge < -0.3 is 41.7 Å². The van der Waals surface area contributed by atoms with Gasteiger partial charge >= 0.3 is 74.9 Å². The summed E-state index contributed by atoms with van der Waals surface area (Å²) in [5.41, 5.74) is 6.00. The van der Waals surface area contributed by atoms with Crippen LogP contribution in [0.5, 0.6) is 0 Å². The SMILES string of the molecule is Nc1ncnc2c1ncn2[C@@H]1O[C@H](COP(=O)(O)OP(=O)(O)OP(=O)(O)O)C(O)C1O.[H-].[K+]. The van der Waals surface area contributed by atoms with Gasteiger partial charge in [0, 0.05) is 0 Å². The van der Waals surface area contributed by atoms with Gasteiger partial charge in [-0.25, -0.2) is 28.6 Å². The first kappa shape index (κ1) is 28.5. The number of phosphoric ester groups is 1. The predicted molar refractivity (Wildman–Crippen MR) is 96.6 cm³/mol. The second-order valence-corrected chi connectivity index (χ2v) is 10.4. The van der Waals surface area contributed by atoms with Crippen LogP contribution in [0, 0.1) is 0 Å². The molecular formula is C10H17KN5O13P3. The molecule has 8 N–H and O–H groups in total. The van der Waals surface area contributed by atoms with Gasteiger partial charge in [-0.3, -0.25) is 9.09 Å². The molecule has 1 saturated heterocycles. The maximum Gasteiger partial charge on any atom is 1.00 e. The number of fused-ring (bicyclic) bond motifs is 1. The van der Waals surface area contributed by atoms with Crippen molar-refractivity contribution in [3.63, 3.8) is 0 Å². The van der Waals surface area contributed by atoms with E-state index in [2.05, 4.69) is 28.1 Å². The minimum absolute atomic E-state index is 0. The Labute approximate surface area is 222 Å². The van der Waals surface area contributed by atoms with Crippen LogP contribution >= 0.6 is 23.5 Å². The number of rotatable bonds is 8. The summed E-state index contributed by atoms with van der Waals surface area (Å²) in [7, 11) is -16.7. The molecule has 1 aliphatic heterocycles. The van der Waals surface area contributed by atoms with Crippen molar-refractivity contribution in [3.05, 3.63) is 12.7 Å². The third-order valence-electron chi connectivity index (χ3n) is 3.82. The Morgan fingerprint density at radius 3 is 2.34 bits per heavy atom. The number of nitrogen functional groups attached to an aromatic ring is 1. The number of aromatic nitrogens is 4. The van der Waals surface area contributed by atoms with E-state index in [9.17, 15) is 28.8 Å². The summed E-state index contributed by atoms with van der Waals surface area (Å²) in [5.74, 6) is 0.0426. The molecule has 1 fully saturated rings. The van der Waals surface area contributed by atoms with Crippen molar-refractivity contribution in [2.45, 2.75) is 24.5 Å². The Kier molecular flexibility index (Phi) is 9.35. The summed E-state index contributed by atoms with van der Waals surface area (Å²) < 4.78 is 51.9. The van der Waals surface area contributed by atoms with Crippen molar-refractivity contribution in [2.24, 2.45) is 0 Å². The predicted octanol–water partition coefficient (Wildman–Crippen LogP) is -4.51. The standard InChI is InChI=1S/C10H16N5O13P3.K.H/c11-8-5-9(13-2-12-8)15(3-14-5)10-7(17)6(16)4(26-10)1-25-30(21,22)28-31(23,24)27-29(18,19)20;;/h2-4,6-7,10,16-17H,1H2,(H,21,22)(H,23,24)(H2,11,12,13)(H2,18,19,20);;/q;+1;-1/t4-,6?,7?,10-;;/m1../s1. The van der Waals surface area contributed by atoms with E-state index in [4.69, 9.17) is 25.2 Å². The summed E-state index contributed by atoms with van der Waals surface area (Å²) in [5, 5.41) is 20.4. The third-order valence-corrected chi connectivity index (χ3v) is 7.62. The molecule has 6 atom stereocenters. The first-order chi connectivity index (χ1) is 14.2. The minimum Gasteiger partial charge on any atom is -1.00 e. The Bertz CT molecular complexity index is 1120. The smallest absolute Gasteiger partial charge is 1.00 e. The molecule has 18 nitrogen and oxygen atoms in total.